The van der Waals surface area contributed by atoms with Crippen molar-refractivity contribution in [1.82, 2.24) is 19.6 Å². The first-order valence-electron chi connectivity index (χ1n) is 11.6. The van der Waals surface area contributed by atoms with Crippen molar-refractivity contribution in [3.63, 3.8) is 0 Å². The molecule has 0 fully saturated rings. The van der Waals surface area contributed by atoms with Gasteiger partial charge in [0.25, 0.3) is 10.0 Å². The maximum Gasteiger partial charge on any atom is 0.261 e. The largest absolute Gasteiger partial charge is 0.340 e. The fourth-order valence-electron chi connectivity index (χ4n) is 4.15. The van der Waals surface area contributed by atoms with Crippen LogP contribution in [0.15, 0.2) is 108 Å². The topological polar surface area (TPSA) is 101 Å². The summed E-state index contributed by atoms with van der Waals surface area (Å²) in [6, 6.07) is 25.6. The number of nitrogens with one attached hydrogen (secondary N) is 2. The van der Waals surface area contributed by atoms with E-state index < -0.39 is 10.0 Å². The van der Waals surface area contributed by atoms with E-state index in [4.69, 9.17) is 4.98 Å². The van der Waals surface area contributed by atoms with Gasteiger partial charge in [0.2, 0.25) is 0 Å². The number of sulfonamides is 1. The van der Waals surface area contributed by atoms with Crippen molar-refractivity contribution in [1.29, 1.82) is 0 Å². The second kappa shape index (κ2) is 9.03. The highest BCUT2D eigenvalue weighted by molar-refractivity contribution is 7.92. The summed E-state index contributed by atoms with van der Waals surface area (Å²) in [4.78, 5) is 9.57. The lowest BCUT2D eigenvalue weighted by molar-refractivity contribution is 0.601. The van der Waals surface area contributed by atoms with E-state index >= 15 is 0 Å². The number of aryl methyl sites for hydroxylation is 1. The highest BCUT2D eigenvalue weighted by Gasteiger charge is 2.15. The number of fused-ring (bicyclic) bond motifs is 2. The molecule has 0 aliphatic rings. The third kappa shape index (κ3) is 4.48. The number of hydrogen-bond acceptors (Lipinski definition) is 6. The molecule has 6 rings (SSSR count). The van der Waals surface area contributed by atoms with E-state index in [0.717, 1.165) is 33.3 Å². The fraction of sp³-hybridized carbons (Fsp3) is 0.0357. The lowest BCUT2D eigenvalue weighted by atomic mass is 10.0. The summed E-state index contributed by atoms with van der Waals surface area (Å²) in [6.45, 7) is 1.91. The minimum absolute atomic E-state index is 0.218. The van der Waals surface area contributed by atoms with Gasteiger partial charge in [-0.3, -0.25) is 9.71 Å². The van der Waals surface area contributed by atoms with Crippen LogP contribution in [0.3, 0.4) is 0 Å². The van der Waals surface area contributed by atoms with Crippen LogP contribution in [0.25, 0.3) is 27.7 Å². The van der Waals surface area contributed by atoms with Crippen LogP contribution in [0, 0.1) is 6.92 Å². The molecule has 0 bridgehead atoms. The van der Waals surface area contributed by atoms with E-state index in [1.165, 1.54) is 0 Å². The van der Waals surface area contributed by atoms with Crippen LogP contribution < -0.4 is 10.0 Å². The molecular weight excluding hydrogens is 484 g/mol. The Balaban J connectivity index is 1.25. The quantitative estimate of drug-likeness (QED) is 0.296. The van der Waals surface area contributed by atoms with Gasteiger partial charge in [0, 0.05) is 40.3 Å². The highest BCUT2D eigenvalue weighted by atomic mass is 32.2. The van der Waals surface area contributed by atoms with Crippen LogP contribution in [0.1, 0.15) is 5.56 Å². The van der Waals surface area contributed by atoms with Crippen LogP contribution in [0.4, 0.5) is 17.2 Å². The van der Waals surface area contributed by atoms with Gasteiger partial charge in [-0.15, -0.1) is 0 Å². The second-order valence-electron chi connectivity index (χ2n) is 8.64. The summed E-state index contributed by atoms with van der Waals surface area (Å²) in [5.74, 6) is 0.635. The highest BCUT2D eigenvalue weighted by Crippen LogP contribution is 2.30. The van der Waals surface area contributed by atoms with Crippen LogP contribution in [0.5, 0.6) is 0 Å². The maximum atomic E-state index is 12.7. The summed E-state index contributed by atoms with van der Waals surface area (Å²) in [5.41, 5.74) is 5.67. The molecule has 0 aliphatic carbocycles. The average molecular weight is 507 g/mol. The van der Waals surface area contributed by atoms with Crippen molar-refractivity contribution < 1.29 is 8.42 Å². The van der Waals surface area contributed by atoms with Gasteiger partial charge in [0.05, 0.1) is 16.6 Å². The van der Waals surface area contributed by atoms with Crippen LogP contribution in [-0.4, -0.2) is 28.0 Å². The summed E-state index contributed by atoms with van der Waals surface area (Å²) in [5, 5.41) is 8.79. The molecule has 8 nitrogen and oxygen atoms in total. The second-order valence-corrected chi connectivity index (χ2v) is 10.3. The summed E-state index contributed by atoms with van der Waals surface area (Å²) in [6.07, 6.45) is 5.42. The van der Waals surface area contributed by atoms with E-state index in [1.807, 2.05) is 49.5 Å². The summed E-state index contributed by atoms with van der Waals surface area (Å²) in [7, 11) is -3.66. The van der Waals surface area contributed by atoms with Crippen LogP contribution in [0.2, 0.25) is 0 Å². The smallest absolute Gasteiger partial charge is 0.261 e. The first-order chi connectivity index (χ1) is 18.0. The van der Waals surface area contributed by atoms with Gasteiger partial charge in [-0.2, -0.15) is 5.10 Å². The number of benzene rings is 3. The molecule has 9 heteroatoms. The Morgan fingerprint density at radius 2 is 1.57 bits per heavy atom. The lowest BCUT2D eigenvalue weighted by Crippen LogP contribution is -2.12. The monoisotopic (exact) mass is 506 g/mol. The zero-order valence-electron chi connectivity index (χ0n) is 19.8. The zero-order valence-corrected chi connectivity index (χ0v) is 20.6. The molecule has 3 aromatic carbocycles. The Hall–Kier alpha value is -4.76. The predicted octanol–water partition coefficient (Wildman–Crippen LogP) is 5.80. The molecule has 0 atom stereocenters. The minimum Gasteiger partial charge on any atom is -0.340 e. The molecule has 37 heavy (non-hydrogen) atoms. The maximum absolute atomic E-state index is 12.7. The fourth-order valence-corrected chi connectivity index (χ4v) is 5.21. The zero-order chi connectivity index (χ0) is 25.4. The van der Waals surface area contributed by atoms with Gasteiger partial charge in [0.15, 0.2) is 5.65 Å². The summed E-state index contributed by atoms with van der Waals surface area (Å²) >= 11 is 0. The molecule has 0 aliphatic heterocycles. The molecule has 3 aromatic heterocycles. The van der Waals surface area contributed by atoms with E-state index in [9.17, 15) is 8.42 Å². The van der Waals surface area contributed by atoms with Gasteiger partial charge in [-0.1, -0.05) is 42.0 Å². The van der Waals surface area contributed by atoms with Crippen LogP contribution in [-0.2, 0) is 10.0 Å². The molecule has 0 spiro atoms. The molecule has 0 saturated heterocycles. The number of nitrogens with zero attached hydrogens (tertiary/aromatic N) is 4. The van der Waals surface area contributed by atoms with E-state index in [0.29, 0.717) is 17.2 Å². The molecule has 3 heterocycles. The number of pyridine rings is 1. The Kier molecular flexibility index (Phi) is 5.54. The first-order valence-corrected chi connectivity index (χ1v) is 13.1. The Morgan fingerprint density at radius 1 is 0.811 bits per heavy atom. The summed E-state index contributed by atoms with van der Waals surface area (Å²) < 4.78 is 29.7. The molecule has 0 amide bonds. The van der Waals surface area contributed by atoms with E-state index in [2.05, 4.69) is 20.1 Å². The Labute approximate surface area is 213 Å². The first kappa shape index (κ1) is 22.7. The SMILES string of the molecule is Cc1ccc(S(=O)(=O)Nc2ccc(Nc3ccn4ncc(-c5cccc6cccnc56)c4n3)cc2)cc1. The van der Waals surface area contributed by atoms with Gasteiger partial charge in [-0.25, -0.2) is 17.9 Å². The van der Waals surface area contributed by atoms with E-state index in [1.54, 1.807) is 65.4 Å². The van der Waals surface area contributed by atoms with Gasteiger partial charge >= 0.3 is 0 Å². The number of para-hydroxylation sites is 1. The Morgan fingerprint density at radius 3 is 2.38 bits per heavy atom. The molecule has 0 saturated carbocycles. The number of rotatable bonds is 6. The van der Waals surface area contributed by atoms with Gasteiger partial charge in [-0.05, 0) is 55.5 Å². The third-order valence-electron chi connectivity index (χ3n) is 6.03. The molecule has 0 radical (unpaired) electrons. The molecular formula is C28H22N6O2S. The number of hydrogen-bond donors (Lipinski definition) is 2. The molecule has 2 N–H and O–H groups in total. The van der Waals surface area contributed by atoms with Crippen molar-refractivity contribution in [2.75, 3.05) is 10.0 Å². The van der Waals surface area contributed by atoms with Crippen LogP contribution >= 0.6 is 0 Å². The molecule has 0 unspecified atom stereocenters. The van der Waals surface area contributed by atoms with Gasteiger partial charge in [0.1, 0.15) is 5.82 Å². The normalized spacial score (nSPS) is 11.6. The van der Waals surface area contributed by atoms with Crippen molar-refractivity contribution >= 4 is 43.8 Å². The Bertz CT molecular complexity index is 1840. The van der Waals surface area contributed by atoms with Crippen molar-refractivity contribution in [3.8, 4) is 11.1 Å². The van der Waals surface area contributed by atoms with Crippen molar-refractivity contribution in [3.05, 3.63) is 109 Å². The average Bonchev–Trinajstić information content (AvgIpc) is 3.33. The standard InChI is InChI=1S/C28H22N6O2S/c1-19-7-13-23(14-8-19)37(35,36)33-22-11-9-21(10-12-22)31-26-15-17-34-28(32-26)25(18-30-34)24-6-2-4-20-5-3-16-29-27(20)24/h2-18,33H,1H3,(H,31,32). The predicted molar refractivity (Wildman–Crippen MR) is 145 cm³/mol. The minimum atomic E-state index is -3.66. The number of anilines is 3. The molecule has 6 aromatic rings. The van der Waals surface area contributed by atoms with Gasteiger partial charge < -0.3 is 5.32 Å². The van der Waals surface area contributed by atoms with Crippen molar-refractivity contribution in [2.24, 2.45) is 0 Å². The third-order valence-corrected chi connectivity index (χ3v) is 7.43. The van der Waals surface area contributed by atoms with E-state index in [-0.39, 0.29) is 4.90 Å². The lowest BCUT2D eigenvalue weighted by Gasteiger charge is -2.10. The number of aromatic nitrogens is 4. The van der Waals surface area contributed by atoms with Crippen molar-refractivity contribution in [2.45, 2.75) is 11.8 Å². The molecule has 182 valence electrons.